The van der Waals surface area contributed by atoms with Crippen LogP contribution in [-0.2, 0) is 0 Å². The lowest BCUT2D eigenvalue weighted by Gasteiger charge is -2.06. The first kappa shape index (κ1) is 13.2. The van der Waals surface area contributed by atoms with Crippen molar-refractivity contribution in [3.05, 3.63) is 50.9 Å². The van der Waals surface area contributed by atoms with Crippen LogP contribution in [0.4, 0.5) is 5.69 Å². The van der Waals surface area contributed by atoms with Gasteiger partial charge in [-0.25, -0.2) is 4.98 Å². The van der Waals surface area contributed by atoms with Crippen molar-refractivity contribution in [2.45, 2.75) is 6.92 Å². The number of anilines is 1. The van der Waals surface area contributed by atoms with Crippen molar-refractivity contribution >= 4 is 43.5 Å². The Labute approximate surface area is 121 Å². The van der Waals surface area contributed by atoms with E-state index in [1.807, 2.05) is 13.0 Å². The number of aryl methyl sites for hydroxylation is 1. The molecule has 0 aliphatic rings. The van der Waals surface area contributed by atoms with Gasteiger partial charge in [-0.1, -0.05) is 0 Å². The summed E-state index contributed by atoms with van der Waals surface area (Å²) in [6.45, 7) is 1.91. The van der Waals surface area contributed by atoms with Gasteiger partial charge in [-0.15, -0.1) is 0 Å². The standard InChI is InChI=1S/C12H9Br2N3O/c1-7-2-10(6-16-11(7)14)17-12(18)8-3-9(13)5-15-4-8/h2-6H,1H3,(H,17,18). The summed E-state index contributed by atoms with van der Waals surface area (Å²) < 4.78 is 1.53. The second-order valence-electron chi connectivity index (χ2n) is 3.68. The van der Waals surface area contributed by atoms with Crippen molar-refractivity contribution in [1.29, 1.82) is 0 Å². The van der Waals surface area contributed by atoms with Gasteiger partial charge in [0.05, 0.1) is 17.4 Å². The molecule has 2 heterocycles. The molecule has 0 unspecified atom stereocenters. The first-order valence-electron chi connectivity index (χ1n) is 5.10. The Morgan fingerprint density at radius 2 is 2.00 bits per heavy atom. The molecule has 92 valence electrons. The summed E-state index contributed by atoms with van der Waals surface area (Å²) in [5, 5.41) is 2.77. The number of amides is 1. The highest BCUT2D eigenvalue weighted by Crippen LogP contribution is 2.18. The second-order valence-corrected chi connectivity index (χ2v) is 5.34. The summed E-state index contributed by atoms with van der Waals surface area (Å²) in [5.74, 6) is -0.215. The number of nitrogens with zero attached hydrogens (tertiary/aromatic N) is 2. The van der Waals surface area contributed by atoms with E-state index in [9.17, 15) is 4.79 Å². The molecule has 1 amide bonds. The minimum atomic E-state index is -0.215. The lowest BCUT2D eigenvalue weighted by Crippen LogP contribution is -2.12. The Hall–Kier alpha value is -1.27. The molecule has 2 aromatic rings. The largest absolute Gasteiger partial charge is 0.321 e. The fraction of sp³-hybridized carbons (Fsp3) is 0.0833. The lowest BCUT2D eigenvalue weighted by molar-refractivity contribution is 0.102. The molecule has 0 fully saturated rings. The van der Waals surface area contributed by atoms with E-state index in [-0.39, 0.29) is 5.91 Å². The number of pyridine rings is 2. The zero-order chi connectivity index (χ0) is 13.1. The summed E-state index contributed by atoms with van der Waals surface area (Å²) in [4.78, 5) is 20.0. The molecule has 0 atom stereocenters. The van der Waals surface area contributed by atoms with E-state index in [0.29, 0.717) is 11.3 Å². The maximum atomic E-state index is 12.0. The van der Waals surface area contributed by atoms with E-state index >= 15 is 0 Å². The third kappa shape index (κ3) is 3.14. The van der Waals surface area contributed by atoms with Crippen LogP contribution in [0.5, 0.6) is 0 Å². The molecule has 0 radical (unpaired) electrons. The molecule has 2 rings (SSSR count). The highest BCUT2D eigenvalue weighted by atomic mass is 79.9. The average molecular weight is 371 g/mol. The summed E-state index contributed by atoms with van der Waals surface area (Å²) in [7, 11) is 0. The Morgan fingerprint density at radius 3 is 2.67 bits per heavy atom. The fourth-order valence-corrected chi connectivity index (χ4v) is 1.95. The zero-order valence-corrected chi connectivity index (χ0v) is 12.6. The monoisotopic (exact) mass is 369 g/mol. The van der Waals surface area contributed by atoms with Crippen LogP contribution >= 0.6 is 31.9 Å². The summed E-state index contributed by atoms with van der Waals surface area (Å²) in [6, 6.07) is 3.56. The lowest BCUT2D eigenvalue weighted by atomic mass is 10.2. The maximum absolute atomic E-state index is 12.0. The first-order chi connectivity index (χ1) is 8.56. The fourth-order valence-electron chi connectivity index (χ4n) is 1.37. The normalized spacial score (nSPS) is 10.2. The van der Waals surface area contributed by atoms with Crippen LogP contribution in [0.3, 0.4) is 0 Å². The molecule has 0 aliphatic carbocycles. The quantitative estimate of drug-likeness (QED) is 0.822. The minimum absolute atomic E-state index is 0.215. The molecule has 0 saturated heterocycles. The number of halogens is 2. The van der Waals surface area contributed by atoms with Crippen molar-refractivity contribution in [3.8, 4) is 0 Å². The second kappa shape index (κ2) is 5.58. The Kier molecular flexibility index (Phi) is 4.08. The molecule has 0 spiro atoms. The molecule has 0 saturated carbocycles. The number of hydrogen-bond donors (Lipinski definition) is 1. The molecular formula is C12H9Br2N3O. The van der Waals surface area contributed by atoms with E-state index < -0.39 is 0 Å². The van der Waals surface area contributed by atoms with Crippen molar-refractivity contribution in [2.24, 2.45) is 0 Å². The van der Waals surface area contributed by atoms with Gasteiger partial charge in [0, 0.05) is 16.9 Å². The van der Waals surface area contributed by atoms with Crippen molar-refractivity contribution in [1.82, 2.24) is 9.97 Å². The van der Waals surface area contributed by atoms with Crippen LogP contribution < -0.4 is 5.32 Å². The molecule has 0 bridgehead atoms. The number of hydrogen-bond acceptors (Lipinski definition) is 3. The van der Waals surface area contributed by atoms with E-state index in [0.717, 1.165) is 14.6 Å². The number of aromatic nitrogens is 2. The van der Waals surface area contributed by atoms with E-state index in [2.05, 4.69) is 47.1 Å². The van der Waals surface area contributed by atoms with Gasteiger partial charge in [0.1, 0.15) is 4.60 Å². The first-order valence-corrected chi connectivity index (χ1v) is 6.69. The third-order valence-electron chi connectivity index (χ3n) is 2.24. The van der Waals surface area contributed by atoms with E-state index in [1.165, 1.54) is 6.20 Å². The van der Waals surface area contributed by atoms with Gasteiger partial charge in [-0.2, -0.15) is 0 Å². The van der Waals surface area contributed by atoms with Crippen LogP contribution in [0.1, 0.15) is 15.9 Å². The van der Waals surface area contributed by atoms with Gasteiger partial charge < -0.3 is 5.32 Å². The van der Waals surface area contributed by atoms with Crippen molar-refractivity contribution in [3.63, 3.8) is 0 Å². The van der Waals surface area contributed by atoms with Crippen LogP contribution in [0, 0.1) is 6.92 Å². The van der Waals surface area contributed by atoms with Gasteiger partial charge in [0.2, 0.25) is 0 Å². The molecule has 1 N–H and O–H groups in total. The van der Waals surface area contributed by atoms with E-state index in [1.54, 1.807) is 18.5 Å². The van der Waals surface area contributed by atoms with Gasteiger partial charge in [0.25, 0.3) is 5.91 Å². The Balaban J connectivity index is 2.18. The third-order valence-corrected chi connectivity index (χ3v) is 3.50. The maximum Gasteiger partial charge on any atom is 0.257 e. The smallest absolute Gasteiger partial charge is 0.257 e. The highest BCUT2D eigenvalue weighted by Gasteiger charge is 2.08. The van der Waals surface area contributed by atoms with Crippen molar-refractivity contribution < 1.29 is 4.79 Å². The van der Waals surface area contributed by atoms with Gasteiger partial charge in [0.15, 0.2) is 0 Å². The van der Waals surface area contributed by atoms with Crippen LogP contribution in [0.2, 0.25) is 0 Å². The number of carbonyl (C=O) groups excluding carboxylic acids is 1. The zero-order valence-electron chi connectivity index (χ0n) is 9.45. The topological polar surface area (TPSA) is 54.9 Å². The van der Waals surface area contributed by atoms with E-state index in [4.69, 9.17) is 0 Å². The average Bonchev–Trinajstić information content (AvgIpc) is 2.34. The molecule has 18 heavy (non-hydrogen) atoms. The van der Waals surface area contributed by atoms with Gasteiger partial charge in [-0.3, -0.25) is 9.78 Å². The number of carbonyl (C=O) groups is 1. The SMILES string of the molecule is Cc1cc(NC(=O)c2cncc(Br)c2)cnc1Br. The molecular weight excluding hydrogens is 362 g/mol. The van der Waals surface area contributed by atoms with Gasteiger partial charge in [-0.05, 0) is 56.5 Å². The minimum Gasteiger partial charge on any atom is -0.321 e. The summed E-state index contributed by atoms with van der Waals surface area (Å²) >= 11 is 6.59. The Bertz CT molecular complexity index is 602. The summed E-state index contributed by atoms with van der Waals surface area (Å²) in [5.41, 5.74) is 2.10. The summed E-state index contributed by atoms with van der Waals surface area (Å²) in [6.07, 6.45) is 4.74. The molecule has 6 heteroatoms. The highest BCUT2D eigenvalue weighted by molar-refractivity contribution is 9.10. The molecule has 2 aromatic heterocycles. The predicted molar refractivity (Wildman–Crippen MR) is 76.6 cm³/mol. The predicted octanol–water partition coefficient (Wildman–Crippen LogP) is 3.56. The van der Waals surface area contributed by atoms with Crippen LogP contribution in [-0.4, -0.2) is 15.9 Å². The number of nitrogens with one attached hydrogen (secondary N) is 1. The molecule has 4 nitrogen and oxygen atoms in total. The van der Waals surface area contributed by atoms with Crippen LogP contribution in [0.25, 0.3) is 0 Å². The van der Waals surface area contributed by atoms with Crippen LogP contribution in [0.15, 0.2) is 39.8 Å². The molecule has 0 aliphatic heterocycles. The number of rotatable bonds is 2. The van der Waals surface area contributed by atoms with Gasteiger partial charge >= 0.3 is 0 Å². The van der Waals surface area contributed by atoms with Crippen molar-refractivity contribution in [2.75, 3.05) is 5.32 Å². The Morgan fingerprint density at radius 1 is 1.22 bits per heavy atom. The molecule has 0 aromatic carbocycles.